The molecule has 0 spiro atoms. The van der Waals surface area contributed by atoms with Crippen molar-refractivity contribution in [2.75, 3.05) is 0 Å². The van der Waals surface area contributed by atoms with E-state index in [1.807, 2.05) is 25.4 Å². The van der Waals surface area contributed by atoms with Crippen molar-refractivity contribution in [1.82, 2.24) is 9.97 Å². The molecule has 0 saturated carbocycles. The molecule has 82 valence electrons. The Balaban J connectivity index is 2.35. The topological polar surface area (TPSA) is 25.8 Å². The summed E-state index contributed by atoms with van der Waals surface area (Å²) in [5.74, 6) is 0.480. The smallest absolute Gasteiger partial charge is 0.0429 e. The summed E-state index contributed by atoms with van der Waals surface area (Å²) >= 11 is 0. The zero-order valence-electron chi connectivity index (χ0n) is 9.94. The van der Waals surface area contributed by atoms with Crippen LogP contribution in [-0.2, 0) is 0 Å². The van der Waals surface area contributed by atoms with Gasteiger partial charge in [0.1, 0.15) is 0 Å². The molecule has 0 N–H and O–H groups in total. The highest BCUT2D eigenvalue weighted by atomic mass is 14.7. The van der Waals surface area contributed by atoms with Gasteiger partial charge in [-0.25, -0.2) is 0 Å². The van der Waals surface area contributed by atoms with E-state index in [1.165, 1.54) is 5.56 Å². The molecule has 0 aliphatic carbocycles. The highest BCUT2D eigenvalue weighted by molar-refractivity contribution is 5.62. The molecule has 0 aliphatic rings. The fraction of sp³-hybridized carbons (Fsp3) is 0.286. The molecule has 0 radical (unpaired) electrons. The number of aryl methyl sites for hydroxylation is 1. The summed E-state index contributed by atoms with van der Waals surface area (Å²) < 4.78 is 0. The molecule has 0 amide bonds. The number of pyridine rings is 2. The largest absolute Gasteiger partial charge is 0.262 e. The Bertz CT molecular complexity index is 472. The fourth-order valence-corrected chi connectivity index (χ4v) is 1.64. The number of nitrogens with zero attached hydrogens (tertiary/aromatic N) is 2. The summed E-state index contributed by atoms with van der Waals surface area (Å²) in [7, 11) is 0. The maximum atomic E-state index is 4.46. The SMILES string of the molecule is Cc1cc(-c2ccc(C(C)C)nc2)ccn1. The normalized spacial score (nSPS) is 10.8. The highest BCUT2D eigenvalue weighted by Gasteiger charge is 2.02. The molecule has 0 atom stereocenters. The van der Waals surface area contributed by atoms with Crippen LogP contribution in [0.4, 0.5) is 0 Å². The average Bonchev–Trinajstić information content (AvgIpc) is 2.29. The van der Waals surface area contributed by atoms with Crippen LogP contribution in [0, 0.1) is 6.92 Å². The molecule has 0 bridgehead atoms. The first kappa shape index (κ1) is 10.8. The maximum Gasteiger partial charge on any atom is 0.0429 e. The van der Waals surface area contributed by atoms with Gasteiger partial charge in [0.05, 0.1) is 0 Å². The van der Waals surface area contributed by atoms with Crippen molar-refractivity contribution in [2.24, 2.45) is 0 Å². The summed E-state index contributed by atoms with van der Waals surface area (Å²) in [5.41, 5.74) is 4.49. The van der Waals surface area contributed by atoms with Gasteiger partial charge in [-0.05, 0) is 36.6 Å². The van der Waals surface area contributed by atoms with Crippen LogP contribution in [0.15, 0.2) is 36.7 Å². The number of hydrogen-bond acceptors (Lipinski definition) is 2. The predicted octanol–water partition coefficient (Wildman–Crippen LogP) is 3.58. The van der Waals surface area contributed by atoms with Gasteiger partial charge >= 0.3 is 0 Å². The molecule has 0 unspecified atom stereocenters. The molecular weight excluding hydrogens is 196 g/mol. The number of aromatic nitrogens is 2. The van der Waals surface area contributed by atoms with Crippen molar-refractivity contribution in [1.29, 1.82) is 0 Å². The van der Waals surface area contributed by atoms with Crippen molar-refractivity contribution in [2.45, 2.75) is 26.7 Å². The summed E-state index contributed by atoms with van der Waals surface area (Å²) in [6.45, 7) is 6.30. The summed E-state index contributed by atoms with van der Waals surface area (Å²) in [6, 6.07) is 8.30. The van der Waals surface area contributed by atoms with E-state index in [4.69, 9.17) is 0 Å². The zero-order chi connectivity index (χ0) is 11.5. The van der Waals surface area contributed by atoms with E-state index >= 15 is 0 Å². The Morgan fingerprint density at radius 3 is 2.38 bits per heavy atom. The van der Waals surface area contributed by atoms with E-state index in [-0.39, 0.29) is 0 Å². The van der Waals surface area contributed by atoms with E-state index in [0.717, 1.165) is 17.0 Å². The molecule has 0 saturated heterocycles. The molecule has 2 heteroatoms. The minimum Gasteiger partial charge on any atom is -0.262 e. The van der Waals surface area contributed by atoms with Crippen molar-refractivity contribution < 1.29 is 0 Å². The van der Waals surface area contributed by atoms with Crippen LogP contribution >= 0.6 is 0 Å². The maximum absolute atomic E-state index is 4.46. The Labute approximate surface area is 96.4 Å². The molecule has 0 fully saturated rings. The average molecular weight is 212 g/mol. The first-order valence-corrected chi connectivity index (χ1v) is 5.56. The van der Waals surface area contributed by atoms with Gasteiger partial charge in [-0.2, -0.15) is 0 Å². The lowest BCUT2D eigenvalue weighted by Crippen LogP contribution is -1.92. The third-order valence-corrected chi connectivity index (χ3v) is 2.61. The second-order valence-corrected chi connectivity index (χ2v) is 4.31. The summed E-state index contributed by atoms with van der Waals surface area (Å²) in [6.07, 6.45) is 3.77. The lowest BCUT2D eigenvalue weighted by atomic mass is 10.1. The number of rotatable bonds is 2. The van der Waals surface area contributed by atoms with Crippen LogP contribution in [0.25, 0.3) is 11.1 Å². The van der Waals surface area contributed by atoms with E-state index < -0.39 is 0 Å². The van der Waals surface area contributed by atoms with E-state index in [0.29, 0.717) is 5.92 Å². The van der Waals surface area contributed by atoms with Gasteiger partial charge in [-0.1, -0.05) is 19.9 Å². The summed E-state index contributed by atoms with van der Waals surface area (Å²) in [5, 5.41) is 0. The van der Waals surface area contributed by atoms with Crippen molar-refractivity contribution in [3.8, 4) is 11.1 Å². The second-order valence-electron chi connectivity index (χ2n) is 4.31. The van der Waals surface area contributed by atoms with E-state index in [2.05, 4.69) is 42.0 Å². The standard InChI is InChI=1S/C14H16N2/c1-10(2)14-5-4-13(9-16-14)12-6-7-15-11(3)8-12/h4-10H,1-3H3. The van der Waals surface area contributed by atoms with Gasteiger partial charge in [-0.15, -0.1) is 0 Å². The first-order valence-electron chi connectivity index (χ1n) is 5.56. The molecule has 0 aromatic carbocycles. The highest BCUT2D eigenvalue weighted by Crippen LogP contribution is 2.20. The molecule has 0 aliphatic heterocycles. The van der Waals surface area contributed by atoms with Gasteiger partial charge < -0.3 is 0 Å². The molecule has 2 aromatic rings. The first-order chi connectivity index (χ1) is 7.66. The van der Waals surface area contributed by atoms with E-state index in [9.17, 15) is 0 Å². The molecule has 2 heterocycles. The minimum atomic E-state index is 0.480. The van der Waals surface area contributed by atoms with Crippen LogP contribution in [0.5, 0.6) is 0 Å². The van der Waals surface area contributed by atoms with Crippen molar-refractivity contribution in [3.05, 3.63) is 48.0 Å². The Kier molecular flexibility index (Phi) is 3.00. The number of hydrogen-bond donors (Lipinski definition) is 0. The van der Waals surface area contributed by atoms with Crippen molar-refractivity contribution in [3.63, 3.8) is 0 Å². The quantitative estimate of drug-likeness (QED) is 0.760. The Morgan fingerprint density at radius 2 is 1.81 bits per heavy atom. The van der Waals surface area contributed by atoms with Crippen LogP contribution in [0.3, 0.4) is 0 Å². The molecular formula is C14H16N2. The predicted molar refractivity (Wildman–Crippen MR) is 66.3 cm³/mol. The minimum absolute atomic E-state index is 0.480. The third kappa shape index (κ3) is 2.27. The van der Waals surface area contributed by atoms with Crippen LogP contribution < -0.4 is 0 Å². The Hall–Kier alpha value is -1.70. The lowest BCUT2D eigenvalue weighted by Gasteiger charge is -2.06. The van der Waals surface area contributed by atoms with Crippen LogP contribution in [-0.4, -0.2) is 9.97 Å². The monoisotopic (exact) mass is 212 g/mol. The zero-order valence-corrected chi connectivity index (χ0v) is 9.94. The Morgan fingerprint density at radius 1 is 1.00 bits per heavy atom. The van der Waals surface area contributed by atoms with Gasteiger partial charge in [0.15, 0.2) is 0 Å². The second kappa shape index (κ2) is 4.44. The van der Waals surface area contributed by atoms with Gasteiger partial charge in [-0.3, -0.25) is 9.97 Å². The third-order valence-electron chi connectivity index (χ3n) is 2.61. The van der Waals surface area contributed by atoms with Crippen molar-refractivity contribution >= 4 is 0 Å². The van der Waals surface area contributed by atoms with Crippen LogP contribution in [0.1, 0.15) is 31.2 Å². The fourth-order valence-electron chi connectivity index (χ4n) is 1.64. The van der Waals surface area contributed by atoms with Crippen LogP contribution in [0.2, 0.25) is 0 Å². The lowest BCUT2D eigenvalue weighted by molar-refractivity contribution is 0.823. The molecule has 2 aromatic heterocycles. The van der Waals surface area contributed by atoms with Gasteiger partial charge in [0.2, 0.25) is 0 Å². The molecule has 16 heavy (non-hydrogen) atoms. The van der Waals surface area contributed by atoms with Gasteiger partial charge in [0, 0.05) is 29.3 Å². The molecule has 2 rings (SSSR count). The summed E-state index contributed by atoms with van der Waals surface area (Å²) in [4.78, 5) is 8.65. The van der Waals surface area contributed by atoms with E-state index in [1.54, 1.807) is 0 Å². The van der Waals surface area contributed by atoms with Gasteiger partial charge in [0.25, 0.3) is 0 Å². The molecule has 2 nitrogen and oxygen atoms in total.